The number of ether oxygens (including phenoxy) is 1. The number of hydrogen-bond donors (Lipinski definition) is 1. The molecule has 1 aromatic rings. The summed E-state index contributed by atoms with van der Waals surface area (Å²) in [6, 6.07) is 4.11. The van der Waals surface area contributed by atoms with Crippen LogP contribution in [-0.4, -0.2) is 52.5 Å². The summed E-state index contributed by atoms with van der Waals surface area (Å²) in [5.41, 5.74) is 0.151. The lowest BCUT2D eigenvalue weighted by Crippen LogP contribution is -2.27. The lowest BCUT2D eigenvalue weighted by atomic mass is 10.2. The highest BCUT2D eigenvalue weighted by Crippen LogP contribution is 2.28. The zero-order valence-electron chi connectivity index (χ0n) is 13.9. The van der Waals surface area contributed by atoms with Gasteiger partial charge < -0.3 is 10.1 Å². The van der Waals surface area contributed by atoms with Gasteiger partial charge in [-0.3, -0.25) is 4.79 Å². The average Bonchev–Trinajstić information content (AvgIpc) is 3.34. The minimum Gasteiger partial charge on any atom is -0.381 e. The second-order valence-electron chi connectivity index (χ2n) is 6.06. The molecule has 0 aromatic heterocycles. The van der Waals surface area contributed by atoms with Crippen LogP contribution in [0.25, 0.3) is 0 Å². The van der Waals surface area contributed by atoms with Gasteiger partial charge in [-0.05, 0) is 43.4 Å². The van der Waals surface area contributed by atoms with Crippen LogP contribution in [-0.2, 0) is 14.8 Å². The van der Waals surface area contributed by atoms with Crippen LogP contribution >= 0.6 is 11.6 Å². The van der Waals surface area contributed by atoms with Crippen molar-refractivity contribution < 1.29 is 17.9 Å². The predicted octanol–water partition coefficient (Wildman–Crippen LogP) is 2.14. The van der Waals surface area contributed by atoms with E-state index >= 15 is 0 Å². The summed E-state index contributed by atoms with van der Waals surface area (Å²) in [6.45, 7) is 1.84. The SMILES string of the molecule is CN(C)S(=O)(=O)c1ccc(Cl)c(C(=O)NCCCOCC2CC2)c1. The van der Waals surface area contributed by atoms with Crippen molar-refractivity contribution in [3.05, 3.63) is 28.8 Å². The highest BCUT2D eigenvalue weighted by Gasteiger charge is 2.21. The molecule has 1 aromatic carbocycles. The Bertz CT molecular complexity index is 687. The summed E-state index contributed by atoms with van der Waals surface area (Å²) in [5.74, 6) is 0.331. The van der Waals surface area contributed by atoms with Gasteiger partial charge in [0.2, 0.25) is 10.0 Å². The van der Waals surface area contributed by atoms with Crippen molar-refractivity contribution in [3.8, 4) is 0 Å². The second-order valence-corrected chi connectivity index (χ2v) is 8.62. The van der Waals surface area contributed by atoms with Crippen LogP contribution < -0.4 is 5.32 Å². The highest BCUT2D eigenvalue weighted by molar-refractivity contribution is 7.89. The van der Waals surface area contributed by atoms with Gasteiger partial charge in [-0.2, -0.15) is 0 Å². The van der Waals surface area contributed by atoms with E-state index < -0.39 is 15.9 Å². The van der Waals surface area contributed by atoms with Crippen LogP contribution in [0.1, 0.15) is 29.6 Å². The average molecular weight is 375 g/mol. The topological polar surface area (TPSA) is 75.7 Å². The summed E-state index contributed by atoms with van der Waals surface area (Å²) in [5, 5.41) is 2.96. The van der Waals surface area contributed by atoms with Crippen LogP contribution in [0.5, 0.6) is 0 Å². The van der Waals surface area contributed by atoms with Gasteiger partial charge in [0.25, 0.3) is 5.91 Å². The first-order chi connectivity index (χ1) is 11.3. The summed E-state index contributed by atoms with van der Waals surface area (Å²) < 4.78 is 30.9. The predicted molar refractivity (Wildman–Crippen MR) is 92.8 cm³/mol. The molecule has 1 fully saturated rings. The molecule has 6 nitrogen and oxygen atoms in total. The Labute approximate surface area is 148 Å². The third kappa shape index (κ3) is 5.17. The minimum atomic E-state index is -3.61. The van der Waals surface area contributed by atoms with Crippen molar-refractivity contribution in [2.24, 2.45) is 5.92 Å². The van der Waals surface area contributed by atoms with Gasteiger partial charge in [0.15, 0.2) is 0 Å². The molecule has 0 heterocycles. The van der Waals surface area contributed by atoms with E-state index in [4.69, 9.17) is 16.3 Å². The van der Waals surface area contributed by atoms with E-state index in [9.17, 15) is 13.2 Å². The molecule has 1 amide bonds. The number of sulfonamides is 1. The minimum absolute atomic E-state index is 0.0369. The van der Waals surface area contributed by atoms with E-state index in [2.05, 4.69) is 5.32 Å². The smallest absolute Gasteiger partial charge is 0.252 e. The molecule has 8 heteroatoms. The fraction of sp³-hybridized carbons (Fsp3) is 0.562. The Balaban J connectivity index is 1.90. The van der Waals surface area contributed by atoms with Gasteiger partial charge in [-0.15, -0.1) is 0 Å². The zero-order valence-corrected chi connectivity index (χ0v) is 15.5. The van der Waals surface area contributed by atoms with Crippen molar-refractivity contribution in [2.45, 2.75) is 24.2 Å². The Morgan fingerprint density at radius 2 is 2.08 bits per heavy atom. The Kier molecular flexibility index (Phi) is 6.62. The van der Waals surface area contributed by atoms with E-state index in [1.165, 1.54) is 45.1 Å². The first kappa shape index (κ1) is 19.2. The standard InChI is InChI=1S/C16H23ClN2O4S/c1-19(2)24(21,22)13-6-7-15(17)14(10-13)16(20)18-8-3-9-23-11-12-4-5-12/h6-7,10,12H,3-5,8-9,11H2,1-2H3,(H,18,20). The number of hydrogen-bond acceptors (Lipinski definition) is 4. The molecule has 1 N–H and O–H groups in total. The largest absolute Gasteiger partial charge is 0.381 e. The van der Waals surface area contributed by atoms with Crippen molar-refractivity contribution in [3.63, 3.8) is 0 Å². The summed E-state index contributed by atoms with van der Waals surface area (Å²) in [7, 11) is -0.738. The second kappa shape index (κ2) is 8.29. The Morgan fingerprint density at radius 1 is 1.38 bits per heavy atom. The van der Waals surface area contributed by atoms with Gasteiger partial charge in [0.1, 0.15) is 0 Å². The molecule has 134 valence electrons. The maximum Gasteiger partial charge on any atom is 0.252 e. The summed E-state index contributed by atoms with van der Waals surface area (Å²) in [6.07, 6.45) is 3.20. The summed E-state index contributed by atoms with van der Waals surface area (Å²) >= 11 is 6.03. The van der Waals surface area contributed by atoms with Crippen LogP contribution in [0.4, 0.5) is 0 Å². The maximum atomic E-state index is 12.2. The monoisotopic (exact) mass is 374 g/mol. The highest BCUT2D eigenvalue weighted by atomic mass is 35.5. The normalized spacial score (nSPS) is 14.8. The number of nitrogens with one attached hydrogen (secondary N) is 1. The fourth-order valence-corrected chi connectivity index (χ4v) is 3.19. The van der Waals surface area contributed by atoms with E-state index in [0.29, 0.717) is 19.6 Å². The number of amides is 1. The molecule has 0 aliphatic heterocycles. The Hall–Kier alpha value is -1.15. The number of nitrogens with zero attached hydrogens (tertiary/aromatic N) is 1. The van der Waals surface area contributed by atoms with Crippen LogP contribution in [0, 0.1) is 5.92 Å². The first-order valence-corrected chi connectivity index (χ1v) is 9.72. The molecular formula is C16H23ClN2O4S. The maximum absolute atomic E-state index is 12.2. The van der Waals surface area contributed by atoms with Crippen molar-refractivity contribution in [1.82, 2.24) is 9.62 Å². The lowest BCUT2D eigenvalue weighted by Gasteiger charge is -2.13. The third-order valence-corrected chi connectivity index (χ3v) is 5.90. The van der Waals surface area contributed by atoms with Gasteiger partial charge >= 0.3 is 0 Å². The molecule has 0 saturated heterocycles. The van der Waals surface area contributed by atoms with Crippen molar-refractivity contribution >= 4 is 27.5 Å². The van der Waals surface area contributed by atoms with Gasteiger partial charge in [0.05, 0.1) is 15.5 Å². The quantitative estimate of drug-likeness (QED) is 0.672. The first-order valence-electron chi connectivity index (χ1n) is 7.90. The molecule has 0 unspecified atom stereocenters. The van der Waals surface area contributed by atoms with E-state index in [1.54, 1.807) is 0 Å². The van der Waals surface area contributed by atoms with Crippen molar-refractivity contribution in [2.75, 3.05) is 33.9 Å². The van der Waals surface area contributed by atoms with Crippen LogP contribution in [0.2, 0.25) is 5.02 Å². The molecule has 2 rings (SSSR count). The van der Waals surface area contributed by atoms with E-state index in [0.717, 1.165) is 16.8 Å². The molecule has 0 radical (unpaired) electrons. The van der Waals surface area contributed by atoms with Crippen molar-refractivity contribution in [1.29, 1.82) is 0 Å². The van der Waals surface area contributed by atoms with Crippen LogP contribution in [0.15, 0.2) is 23.1 Å². The molecule has 1 aliphatic rings. The van der Waals surface area contributed by atoms with Gasteiger partial charge in [0, 0.05) is 33.9 Å². The molecule has 0 spiro atoms. The van der Waals surface area contributed by atoms with Gasteiger partial charge in [-0.1, -0.05) is 11.6 Å². The van der Waals surface area contributed by atoms with Crippen LogP contribution in [0.3, 0.4) is 0 Å². The fourth-order valence-electron chi connectivity index (χ4n) is 2.06. The molecule has 0 atom stereocenters. The van der Waals surface area contributed by atoms with Gasteiger partial charge in [-0.25, -0.2) is 12.7 Å². The molecule has 1 saturated carbocycles. The number of benzene rings is 1. The van der Waals surface area contributed by atoms with E-state index in [-0.39, 0.29) is 15.5 Å². The lowest BCUT2D eigenvalue weighted by molar-refractivity contribution is 0.0937. The number of carbonyl (C=O) groups is 1. The molecular weight excluding hydrogens is 352 g/mol. The van der Waals surface area contributed by atoms with E-state index in [1.807, 2.05) is 0 Å². The molecule has 24 heavy (non-hydrogen) atoms. The number of carbonyl (C=O) groups excluding carboxylic acids is 1. The Morgan fingerprint density at radius 3 is 2.71 bits per heavy atom. The zero-order chi connectivity index (χ0) is 17.7. The number of rotatable bonds is 9. The molecule has 0 bridgehead atoms. The number of halogens is 1. The third-order valence-electron chi connectivity index (χ3n) is 3.76. The summed E-state index contributed by atoms with van der Waals surface area (Å²) in [4.78, 5) is 12.3. The molecule has 1 aliphatic carbocycles.